The first-order valence-corrected chi connectivity index (χ1v) is 9.15. The summed E-state index contributed by atoms with van der Waals surface area (Å²) in [6.45, 7) is 1.94. The Balaban J connectivity index is 0.00000280. The Morgan fingerprint density at radius 3 is 2.32 bits per heavy atom. The van der Waals surface area contributed by atoms with E-state index in [2.05, 4.69) is 15.5 Å². The smallest absolute Gasteiger partial charge is 0.203 e. The maximum atomic E-state index is 5.35. The Kier molecular flexibility index (Phi) is 7.83. The summed E-state index contributed by atoms with van der Waals surface area (Å²) >= 11 is 1.49. The molecule has 0 fully saturated rings. The van der Waals surface area contributed by atoms with Gasteiger partial charge in [-0.2, -0.15) is 5.10 Å². The summed E-state index contributed by atoms with van der Waals surface area (Å²) in [7, 11) is 4.88. The second-order valence-corrected chi connectivity index (χ2v) is 6.50. The SMILES string of the molecule is Br.COc1ccc(C(C)=NNc2nc(-c3ccc(OC)c(OC)c3)cs2)cc1. The van der Waals surface area contributed by atoms with E-state index >= 15 is 0 Å². The lowest BCUT2D eigenvalue weighted by Crippen LogP contribution is -1.99. The van der Waals surface area contributed by atoms with Gasteiger partial charge in [-0.15, -0.1) is 28.3 Å². The van der Waals surface area contributed by atoms with Crippen LogP contribution in [0, 0.1) is 0 Å². The van der Waals surface area contributed by atoms with Gasteiger partial charge in [0.2, 0.25) is 5.13 Å². The van der Waals surface area contributed by atoms with Gasteiger partial charge in [0.1, 0.15) is 5.75 Å². The normalized spacial score (nSPS) is 10.8. The zero-order valence-electron chi connectivity index (χ0n) is 16.1. The molecule has 0 saturated carbocycles. The summed E-state index contributed by atoms with van der Waals surface area (Å²) in [6, 6.07) is 13.5. The van der Waals surface area contributed by atoms with E-state index in [1.807, 2.05) is 54.8 Å². The first-order chi connectivity index (χ1) is 13.1. The second kappa shape index (κ2) is 10.1. The molecule has 2 aromatic carbocycles. The zero-order chi connectivity index (χ0) is 19.2. The molecule has 0 aliphatic carbocycles. The Hall–Kier alpha value is -2.58. The molecule has 6 nitrogen and oxygen atoms in total. The number of benzene rings is 2. The van der Waals surface area contributed by atoms with Gasteiger partial charge in [-0.1, -0.05) is 0 Å². The summed E-state index contributed by atoms with van der Waals surface area (Å²) in [5, 5.41) is 7.11. The molecule has 0 spiro atoms. The first-order valence-electron chi connectivity index (χ1n) is 8.27. The minimum Gasteiger partial charge on any atom is -0.497 e. The van der Waals surface area contributed by atoms with Crippen LogP contribution in [0.25, 0.3) is 11.3 Å². The summed E-state index contributed by atoms with van der Waals surface area (Å²) in [5.74, 6) is 2.18. The number of nitrogens with one attached hydrogen (secondary N) is 1. The highest BCUT2D eigenvalue weighted by atomic mass is 79.9. The van der Waals surface area contributed by atoms with Crippen LogP contribution in [0.5, 0.6) is 17.2 Å². The third-order valence-electron chi connectivity index (χ3n) is 4.01. The quantitative estimate of drug-likeness (QED) is 0.382. The molecular weight excluding hydrogens is 442 g/mol. The highest BCUT2D eigenvalue weighted by Gasteiger charge is 2.09. The average molecular weight is 464 g/mol. The number of methoxy groups -OCH3 is 3. The number of nitrogens with zero attached hydrogens (tertiary/aromatic N) is 2. The monoisotopic (exact) mass is 463 g/mol. The predicted molar refractivity (Wildman–Crippen MR) is 120 cm³/mol. The van der Waals surface area contributed by atoms with Gasteiger partial charge >= 0.3 is 0 Å². The van der Waals surface area contributed by atoms with E-state index in [0.29, 0.717) is 16.6 Å². The first kappa shape index (κ1) is 21.7. The number of rotatable bonds is 7. The molecule has 0 bridgehead atoms. The van der Waals surface area contributed by atoms with Crippen molar-refractivity contribution in [2.75, 3.05) is 26.8 Å². The van der Waals surface area contributed by atoms with Gasteiger partial charge < -0.3 is 14.2 Å². The van der Waals surface area contributed by atoms with Crippen molar-refractivity contribution in [2.45, 2.75) is 6.92 Å². The molecular formula is C20H22BrN3O3S. The van der Waals surface area contributed by atoms with Crippen LogP contribution < -0.4 is 19.6 Å². The van der Waals surface area contributed by atoms with Gasteiger partial charge in [-0.05, 0) is 55.0 Å². The zero-order valence-corrected chi connectivity index (χ0v) is 18.6. The van der Waals surface area contributed by atoms with Crippen LogP contribution in [0.2, 0.25) is 0 Å². The van der Waals surface area contributed by atoms with Crippen LogP contribution >= 0.6 is 28.3 Å². The Bertz CT molecular complexity index is 942. The molecule has 1 heterocycles. The molecule has 0 unspecified atom stereocenters. The highest BCUT2D eigenvalue weighted by Crippen LogP contribution is 2.33. The lowest BCUT2D eigenvalue weighted by atomic mass is 10.1. The lowest BCUT2D eigenvalue weighted by molar-refractivity contribution is 0.355. The third-order valence-corrected chi connectivity index (χ3v) is 4.76. The van der Waals surface area contributed by atoms with Crippen molar-refractivity contribution in [3.63, 3.8) is 0 Å². The largest absolute Gasteiger partial charge is 0.497 e. The molecule has 3 aromatic rings. The number of halogens is 1. The second-order valence-electron chi connectivity index (χ2n) is 5.65. The van der Waals surface area contributed by atoms with Gasteiger partial charge in [0, 0.05) is 10.9 Å². The van der Waals surface area contributed by atoms with Crippen LogP contribution in [-0.4, -0.2) is 32.0 Å². The molecule has 0 amide bonds. The highest BCUT2D eigenvalue weighted by molar-refractivity contribution is 8.93. The van der Waals surface area contributed by atoms with Crippen molar-refractivity contribution in [2.24, 2.45) is 5.10 Å². The van der Waals surface area contributed by atoms with Gasteiger partial charge in [-0.3, -0.25) is 5.43 Å². The van der Waals surface area contributed by atoms with Crippen LogP contribution in [0.3, 0.4) is 0 Å². The lowest BCUT2D eigenvalue weighted by Gasteiger charge is -2.08. The topological polar surface area (TPSA) is 65.0 Å². The summed E-state index contributed by atoms with van der Waals surface area (Å²) < 4.78 is 15.8. The van der Waals surface area contributed by atoms with Crippen LogP contribution in [0.15, 0.2) is 52.9 Å². The summed E-state index contributed by atoms with van der Waals surface area (Å²) in [5.41, 5.74) is 6.70. The van der Waals surface area contributed by atoms with Crippen LogP contribution in [0.4, 0.5) is 5.13 Å². The number of hydrogen-bond acceptors (Lipinski definition) is 7. The van der Waals surface area contributed by atoms with Crippen molar-refractivity contribution in [1.82, 2.24) is 4.98 Å². The van der Waals surface area contributed by atoms with Gasteiger partial charge in [0.05, 0.1) is 32.7 Å². The molecule has 0 aliphatic rings. The molecule has 0 saturated heterocycles. The Morgan fingerprint density at radius 2 is 1.68 bits per heavy atom. The molecule has 3 rings (SSSR count). The maximum absolute atomic E-state index is 5.35. The van der Waals surface area contributed by atoms with E-state index in [1.165, 1.54) is 11.3 Å². The van der Waals surface area contributed by atoms with Crippen LogP contribution in [-0.2, 0) is 0 Å². The number of hydrogen-bond donors (Lipinski definition) is 1. The molecule has 0 aliphatic heterocycles. The number of thiazole rings is 1. The van der Waals surface area contributed by atoms with E-state index < -0.39 is 0 Å². The minimum atomic E-state index is 0. The Labute approximate surface area is 178 Å². The number of anilines is 1. The molecule has 148 valence electrons. The number of ether oxygens (including phenoxy) is 3. The minimum absolute atomic E-state index is 0. The van der Waals surface area contributed by atoms with Gasteiger partial charge in [-0.25, -0.2) is 4.98 Å². The van der Waals surface area contributed by atoms with Crippen molar-refractivity contribution >= 4 is 39.2 Å². The van der Waals surface area contributed by atoms with E-state index in [9.17, 15) is 0 Å². The molecule has 8 heteroatoms. The molecule has 0 atom stereocenters. The van der Waals surface area contributed by atoms with E-state index in [-0.39, 0.29) is 17.0 Å². The molecule has 1 aromatic heterocycles. The number of hydrazone groups is 1. The van der Waals surface area contributed by atoms with Gasteiger partial charge in [0.25, 0.3) is 0 Å². The molecule has 1 N–H and O–H groups in total. The number of aromatic nitrogens is 1. The van der Waals surface area contributed by atoms with Crippen molar-refractivity contribution in [3.8, 4) is 28.5 Å². The molecule has 28 heavy (non-hydrogen) atoms. The Morgan fingerprint density at radius 1 is 0.964 bits per heavy atom. The van der Waals surface area contributed by atoms with Gasteiger partial charge in [0.15, 0.2) is 11.5 Å². The summed E-state index contributed by atoms with van der Waals surface area (Å²) in [6.07, 6.45) is 0. The maximum Gasteiger partial charge on any atom is 0.203 e. The van der Waals surface area contributed by atoms with E-state index in [0.717, 1.165) is 28.3 Å². The standard InChI is InChI=1S/C20H21N3O3S.BrH/c1-13(14-5-8-16(24-2)9-6-14)22-23-20-21-17(12-27-20)15-7-10-18(25-3)19(11-15)26-4;/h5-12H,1-4H3,(H,21,23);1H. The van der Waals surface area contributed by atoms with Crippen molar-refractivity contribution in [3.05, 3.63) is 53.4 Å². The average Bonchev–Trinajstić information content (AvgIpc) is 3.20. The third kappa shape index (κ3) is 5.02. The van der Waals surface area contributed by atoms with Crippen molar-refractivity contribution in [1.29, 1.82) is 0 Å². The van der Waals surface area contributed by atoms with E-state index in [4.69, 9.17) is 14.2 Å². The molecule has 0 radical (unpaired) electrons. The fourth-order valence-electron chi connectivity index (χ4n) is 2.48. The predicted octanol–water partition coefficient (Wildman–Crippen LogP) is 5.25. The summed E-state index contributed by atoms with van der Waals surface area (Å²) in [4.78, 5) is 4.59. The fraction of sp³-hybridized carbons (Fsp3) is 0.200. The fourth-order valence-corrected chi connectivity index (χ4v) is 3.14. The van der Waals surface area contributed by atoms with E-state index in [1.54, 1.807) is 21.3 Å². The van der Waals surface area contributed by atoms with Crippen LogP contribution in [0.1, 0.15) is 12.5 Å². The van der Waals surface area contributed by atoms with Crippen molar-refractivity contribution < 1.29 is 14.2 Å².